The summed E-state index contributed by atoms with van der Waals surface area (Å²) in [5, 5.41) is 0. The highest BCUT2D eigenvalue weighted by Gasteiger charge is 2.53. The molecule has 0 unspecified atom stereocenters. The van der Waals surface area contributed by atoms with Crippen LogP contribution in [-0.2, 0) is 18.4 Å². The lowest BCUT2D eigenvalue weighted by Gasteiger charge is -2.59. The van der Waals surface area contributed by atoms with E-state index in [1.165, 1.54) is 43.2 Å². The van der Waals surface area contributed by atoms with Gasteiger partial charge in [-0.15, -0.1) is 0 Å². The first-order chi connectivity index (χ1) is 13.2. The Morgan fingerprint density at radius 2 is 1.96 bits per heavy atom. The molecule has 2 aromatic rings. The topological polar surface area (TPSA) is 12.5 Å². The lowest BCUT2D eigenvalue weighted by molar-refractivity contribution is -0.0157. The quantitative estimate of drug-likeness (QED) is 0.751. The Labute approximate surface area is 161 Å². The van der Waals surface area contributed by atoms with Crippen LogP contribution in [0.2, 0.25) is 0 Å². The normalized spacial score (nSPS) is 29.7. The summed E-state index contributed by atoms with van der Waals surface area (Å²) < 4.78 is 18.9. The van der Waals surface area contributed by atoms with Crippen molar-refractivity contribution in [1.29, 1.82) is 0 Å². The van der Waals surface area contributed by atoms with E-state index in [1.54, 1.807) is 24.8 Å². The molecule has 2 aliphatic carbocycles. The predicted octanol–water partition coefficient (Wildman–Crippen LogP) is 5.09. The average molecular weight is 365 g/mol. The van der Waals surface area contributed by atoms with E-state index in [-0.39, 0.29) is 5.82 Å². The third kappa shape index (κ3) is 2.79. The summed E-state index contributed by atoms with van der Waals surface area (Å²) in [5.41, 5.74) is 4.65. The number of hydrogen-bond donors (Lipinski definition) is 0. The molecule has 1 aliphatic heterocycles. The fraction of sp³-hybridized carbons (Fsp3) is 0.500. The van der Waals surface area contributed by atoms with E-state index < -0.39 is 0 Å². The largest absolute Gasteiger partial charge is 0.497 e. The number of rotatable bonds is 3. The maximum absolute atomic E-state index is 13.3. The summed E-state index contributed by atoms with van der Waals surface area (Å²) in [6.07, 6.45) is 7.72. The lowest BCUT2D eigenvalue weighted by atomic mass is 9.52. The molecule has 2 nitrogen and oxygen atoms in total. The zero-order chi connectivity index (χ0) is 18.4. The Bertz CT molecular complexity index is 833. The van der Waals surface area contributed by atoms with E-state index in [9.17, 15) is 4.39 Å². The zero-order valence-electron chi connectivity index (χ0n) is 16.1. The average Bonchev–Trinajstić information content (AvgIpc) is 2.71. The number of fused-ring (bicyclic) bond motifs is 1. The molecule has 2 fully saturated rings. The fourth-order valence-corrected chi connectivity index (χ4v) is 6.21. The van der Waals surface area contributed by atoms with Gasteiger partial charge < -0.3 is 4.74 Å². The summed E-state index contributed by atoms with van der Waals surface area (Å²) in [6, 6.07) is 14.4. The highest BCUT2D eigenvalue weighted by Crippen LogP contribution is 2.56. The van der Waals surface area contributed by atoms with Gasteiger partial charge in [0.05, 0.1) is 7.11 Å². The van der Waals surface area contributed by atoms with E-state index in [4.69, 9.17) is 4.74 Å². The van der Waals surface area contributed by atoms with Crippen LogP contribution in [0.15, 0.2) is 42.5 Å². The molecule has 0 radical (unpaired) electrons. The van der Waals surface area contributed by atoms with Gasteiger partial charge in [-0.3, -0.25) is 4.90 Å². The number of likely N-dealkylation sites (tertiary alicyclic amines) is 1. The van der Waals surface area contributed by atoms with Crippen LogP contribution in [0.1, 0.15) is 48.8 Å². The Balaban J connectivity index is 1.51. The summed E-state index contributed by atoms with van der Waals surface area (Å²) in [7, 11) is 1.77. The molecule has 2 bridgehead atoms. The lowest BCUT2D eigenvalue weighted by Crippen LogP contribution is -2.60. The molecule has 1 heterocycles. The van der Waals surface area contributed by atoms with Crippen molar-refractivity contribution in [2.24, 2.45) is 5.92 Å². The molecule has 3 heteroatoms. The van der Waals surface area contributed by atoms with Crippen molar-refractivity contribution in [1.82, 2.24) is 4.90 Å². The molecule has 0 aromatic heterocycles. The first-order valence-electron chi connectivity index (χ1n) is 10.4. The maximum atomic E-state index is 13.3. The van der Waals surface area contributed by atoms with Gasteiger partial charge in [0.25, 0.3) is 0 Å². The number of ether oxygens (including phenoxy) is 1. The van der Waals surface area contributed by atoms with E-state index in [2.05, 4.69) is 23.1 Å². The van der Waals surface area contributed by atoms with Gasteiger partial charge >= 0.3 is 0 Å². The fourth-order valence-electron chi connectivity index (χ4n) is 6.21. The minimum Gasteiger partial charge on any atom is -0.497 e. The molecule has 3 atom stereocenters. The Morgan fingerprint density at radius 1 is 1.11 bits per heavy atom. The van der Waals surface area contributed by atoms with Gasteiger partial charge in [0, 0.05) is 18.0 Å². The number of nitrogens with zero attached hydrogens (tertiary/aromatic N) is 1. The van der Waals surface area contributed by atoms with Gasteiger partial charge in [-0.1, -0.05) is 31.0 Å². The molecular weight excluding hydrogens is 337 g/mol. The SMILES string of the molecule is COc1ccc2c(c1)[C@@]13CCCC[C@H]1[C@@H](C2)N(Cc1ccc(F)cc1)CC3. The summed E-state index contributed by atoms with van der Waals surface area (Å²) in [4.78, 5) is 2.68. The number of methoxy groups -OCH3 is 1. The predicted molar refractivity (Wildman–Crippen MR) is 106 cm³/mol. The number of hydrogen-bond acceptors (Lipinski definition) is 2. The highest BCUT2D eigenvalue weighted by atomic mass is 19.1. The first kappa shape index (κ1) is 17.2. The molecule has 0 N–H and O–H groups in total. The Morgan fingerprint density at radius 3 is 2.78 bits per heavy atom. The minimum atomic E-state index is -0.149. The van der Waals surface area contributed by atoms with E-state index in [0.29, 0.717) is 11.5 Å². The summed E-state index contributed by atoms with van der Waals surface area (Å²) in [6.45, 7) is 2.07. The Hall–Kier alpha value is -1.87. The first-order valence-corrected chi connectivity index (χ1v) is 10.4. The van der Waals surface area contributed by atoms with Crippen molar-refractivity contribution in [2.75, 3.05) is 13.7 Å². The number of piperidine rings is 1. The molecule has 3 aliphatic rings. The Kier molecular flexibility index (Phi) is 4.23. The van der Waals surface area contributed by atoms with E-state index >= 15 is 0 Å². The van der Waals surface area contributed by atoms with Crippen molar-refractivity contribution in [2.45, 2.75) is 56.5 Å². The molecule has 0 amide bonds. The molecular formula is C24H28FNO. The van der Waals surface area contributed by atoms with Crippen molar-refractivity contribution >= 4 is 0 Å². The van der Waals surface area contributed by atoms with Crippen molar-refractivity contribution in [3.8, 4) is 5.75 Å². The van der Waals surface area contributed by atoms with Gasteiger partial charge in [0.1, 0.15) is 11.6 Å². The molecule has 142 valence electrons. The maximum Gasteiger partial charge on any atom is 0.123 e. The van der Waals surface area contributed by atoms with Crippen LogP contribution in [-0.4, -0.2) is 24.6 Å². The molecule has 5 rings (SSSR count). The summed E-state index contributed by atoms with van der Waals surface area (Å²) in [5.74, 6) is 1.59. The minimum absolute atomic E-state index is 0.149. The third-order valence-electron chi connectivity index (χ3n) is 7.46. The van der Waals surface area contributed by atoms with Crippen LogP contribution in [0, 0.1) is 11.7 Å². The monoisotopic (exact) mass is 365 g/mol. The van der Waals surface area contributed by atoms with Gasteiger partial charge in [0.2, 0.25) is 0 Å². The van der Waals surface area contributed by atoms with Crippen molar-refractivity contribution in [3.63, 3.8) is 0 Å². The second-order valence-electron chi connectivity index (χ2n) is 8.65. The van der Waals surface area contributed by atoms with Crippen LogP contribution in [0.25, 0.3) is 0 Å². The van der Waals surface area contributed by atoms with Crippen LogP contribution in [0.4, 0.5) is 4.39 Å². The molecule has 1 saturated heterocycles. The van der Waals surface area contributed by atoms with Gasteiger partial charge in [0.15, 0.2) is 0 Å². The molecule has 1 saturated carbocycles. The third-order valence-corrected chi connectivity index (χ3v) is 7.46. The number of benzene rings is 2. The smallest absolute Gasteiger partial charge is 0.123 e. The standard InChI is InChI=1S/C24H28FNO/c1-27-20-10-7-18-14-23-21-4-2-3-11-24(21,22(18)15-20)12-13-26(23)16-17-5-8-19(25)9-6-17/h5-10,15,21,23H,2-4,11-14,16H2,1H3/t21-,23+,24+/m0/s1. The van der Waals surface area contributed by atoms with Gasteiger partial charge in [-0.05, 0) is 79.1 Å². The van der Waals surface area contributed by atoms with Gasteiger partial charge in [-0.25, -0.2) is 4.39 Å². The second-order valence-corrected chi connectivity index (χ2v) is 8.65. The molecule has 0 spiro atoms. The van der Waals surface area contributed by atoms with Crippen LogP contribution < -0.4 is 4.74 Å². The van der Waals surface area contributed by atoms with Crippen molar-refractivity contribution in [3.05, 3.63) is 65.0 Å². The van der Waals surface area contributed by atoms with E-state index in [1.807, 2.05) is 12.1 Å². The van der Waals surface area contributed by atoms with Crippen LogP contribution in [0.3, 0.4) is 0 Å². The van der Waals surface area contributed by atoms with Crippen LogP contribution >= 0.6 is 0 Å². The van der Waals surface area contributed by atoms with Crippen LogP contribution in [0.5, 0.6) is 5.75 Å². The number of halogens is 1. The van der Waals surface area contributed by atoms with Gasteiger partial charge in [-0.2, -0.15) is 0 Å². The molecule has 27 heavy (non-hydrogen) atoms. The van der Waals surface area contributed by atoms with Crippen molar-refractivity contribution < 1.29 is 9.13 Å². The summed E-state index contributed by atoms with van der Waals surface area (Å²) >= 11 is 0. The van der Waals surface area contributed by atoms with E-state index in [0.717, 1.165) is 31.2 Å². The zero-order valence-corrected chi connectivity index (χ0v) is 16.1. The second kappa shape index (κ2) is 6.63. The highest BCUT2D eigenvalue weighted by molar-refractivity contribution is 5.45. The molecule has 2 aromatic carbocycles.